The Balaban J connectivity index is 1.52. The van der Waals surface area contributed by atoms with E-state index < -0.39 is 11.7 Å². The van der Waals surface area contributed by atoms with Crippen LogP contribution in [0.25, 0.3) is 22.6 Å². The SMILES string of the molecule is COC(=O)c1ccc2oc(=O)n(Cc3cccc(-c4ncc(OCCCN(C)C)cn4)c3)c2n1. The number of ether oxygens (including phenoxy) is 2. The van der Waals surface area contributed by atoms with Crippen molar-refractivity contribution < 1.29 is 18.7 Å². The number of carbonyl (C=O) groups is 1. The van der Waals surface area contributed by atoms with Crippen LogP contribution in [-0.4, -0.2) is 64.7 Å². The first-order valence-electron chi connectivity index (χ1n) is 10.7. The van der Waals surface area contributed by atoms with Gasteiger partial charge in [-0.1, -0.05) is 18.2 Å². The van der Waals surface area contributed by atoms with Crippen molar-refractivity contribution in [3.8, 4) is 17.1 Å². The maximum Gasteiger partial charge on any atom is 0.421 e. The van der Waals surface area contributed by atoms with Gasteiger partial charge in [-0.05, 0) is 44.3 Å². The van der Waals surface area contributed by atoms with Crippen LogP contribution in [0.1, 0.15) is 22.5 Å². The fourth-order valence-corrected chi connectivity index (χ4v) is 3.40. The average molecular weight is 463 g/mol. The number of pyridine rings is 1. The predicted molar refractivity (Wildman–Crippen MR) is 125 cm³/mol. The third-order valence-electron chi connectivity index (χ3n) is 5.08. The van der Waals surface area contributed by atoms with E-state index in [0.717, 1.165) is 24.1 Å². The Morgan fingerprint density at radius 1 is 1.15 bits per heavy atom. The zero-order chi connectivity index (χ0) is 24.1. The number of benzene rings is 1. The summed E-state index contributed by atoms with van der Waals surface area (Å²) in [6, 6.07) is 10.5. The quantitative estimate of drug-likeness (QED) is 0.273. The van der Waals surface area contributed by atoms with E-state index in [1.54, 1.807) is 12.4 Å². The lowest BCUT2D eigenvalue weighted by Crippen LogP contribution is -2.16. The molecule has 0 aliphatic heterocycles. The van der Waals surface area contributed by atoms with Gasteiger partial charge in [0.25, 0.3) is 0 Å². The number of hydrogen-bond donors (Lipinski definition) is 0. The summed E-state index contributed by atoms with van der Waals surface area (Å²) in [5, 5.41) is 0. The first-order valence-corrected chi connectivity index (χ1v) is 10.7. The van der Waals surface area contributed by atoms with Crippen LogP contribution in [0.2, 0.25) is 0 Å². The largest absolute Gasteiger partial charge is 0.490 e. The number of nitrogens with zero attached hydrogens (tertiary/aromatic N) is 5. The number of methoxy groups -OCH3 is 1. The van der Waals surface area contributed by atoms with Crippen LogP contribution < -0.4 is 10.5 Å². The van der Waals surface area contributed by atoms with Crippen LogP contribution >= 0.6 is 0 Å². The molecule has 0 radical (unpaired) electrons. The molecule has 0 saturated carbocycles. The number of rotatable bonds is 9. The normalized spacial score (nSPS) is 11.2. The molecule has 0 N–H and O–H groups in total. The Morgan fingerprint density at radius 3 is 2.68 bits per heavy atom. The summed E-state index contributed by atoms with van der Waals surface area (Å²) in [5.74, 6) is -0.00568. The molecule has 0 unspecified atom stereocenters. The molecule has 0 fully saturated rings. The third kappa shape index (κ3) is 5.29. The van der Waals surface area contributed by atoms with Gasteiger partial charge in [0, 0.05) is 12.1 Å². The molecule has 0 aliphatic rings. The van der Waals surface area contributed by atoms with Crippen LogP contribution in [0.4, 0.5) is 0 Å². The second kappa shape index (κ2) is 10.3. The van der Waals surface area contributed by atoms with Crippen molar-refractivity contribution in [3.05, 3.63) is 70.6 Å². The van der Waals surface area contributed by atoms with Crippen LogP contribution in [0.15, 0.2) is 58.0 Å². The second-order valence-corrected chi connectivity index (χ2v) is 7.91. The number of aromatic nitrogens is 4. The molecule has 3 heterocycles. The zero-order valence-electron chi connectivity index (χ0n) is 19.2. The van der Waals surface area contributed by atoms with Crippen LogP contribution in [-0.2, 0) is 11.3 Å². The second-order valence-electron chi connectivity index (χ2n) is 7.91. The monoisotopic (exact) mass is 463 g/mol. The summed E-state index contributed by atoms with van der Waals surface area (Å²) in [6.45, 7) is 1.74. The summed E-state index contributed by atoms with van der Waals surface area (Å²) in [4.78, 5) is 39.4. The molecule has 0 atom stereocenters. The molecule has 0 spiro atoms. The lowest BCUT2D eigenvalue weighted by molar-refractivity contribution is 0.0594. The van der Waals surface area contributed by atoms with Gasteiger partial charge in [0.05, 0.1) is 32.7 Å². The first kappa shape index (κ1) is 23.1. The highest BCUT2D eigenvalue weighted by Gasteiger charge is 2.16. The Labute approximate surface area is 195 Å². The summed E-state index contributed by atoms with van der Waals surface area (Å²) in [5.41, 5.74) is 2.26. The van der Waals surface area contributed by atoms with Gasteiger partial charge in [-0.25, -0.2) is 24.5 Å². The number of esters is 1. The van der Waals surface area contributed by atoms with E-state index in [2.05, 4.69) is 19.9 Å². The van der Waals surface area contributed by atoms with E-state index in [1.165, 1.54) is 23.8 Å². The topological polar surface area (TPSA) is 113 Å². The van der Waals surface area contributed by atoms with Crippen LogP contribution in [0.5, 0.6) is 5.75 Å². The molecular formula is C24H25N5O5. The van der Waals surface area contributed by atoms with Gasteiger partial charge in [0.15, 0.2) is 28.5 Å². The van der Waals surface area contributed by atoms with E-state index in [9.17, 15) is 9.59 Å². The maximum atomic E-state index is 12.4. The van der Waals surface area contributed by atoms with Gasteiger partial charge in [-0.3, -0.25) is 4.57 Å². The van der Waals surface area contributed by atoms with Crippen molar-refractivity contribution in [2.75, 3.05) is 34.4 Å². The molecule has 34 heavy (non-hydrogen) atoms. The minimum atomic E-state index is -0.591. The van der Waals surface area contributed by atoms with Gasteiger partial charge >= 0.3 is 11.7 Å². The van der Waals surface area contributed by atoms with Gasteiger partial charge in [-0.15, -0.1) is 0 Å². The Hall–Kier alpha value is -4.05. The molecule has 1 aromatic carbocycles. The van der Waals surface area contributed by atoms with E-state index in [-0.39, 0.29) is 17.9 Å². The van der Waals surface area contributed by atoms with E-state index in [4.69, 9.17) is 13.9 Å². The van der Waals surface area contributed by atoms with E-state index in [1.807, 2.05) is 38.4 Å². The number of hydrogen-bond acceptors (Lipinski definition) is 9. The molecule has 10 nitrogen and oxygen atoms in total. The summed E-state index contributed by atoms with van der Waals surface area (Å²) in [7, 11) is 5.31. The molecule has 4 aromatic rings. The van der Waals surface area contributed by atoms with Crippen molar-refractivity contribution in [1.82, 2.24) is 24.4 Å². The number of carbonyl (C=O) groups excluding carboxylic acids is 1. The molecule has 0 bridgehead atoms. The highest BCUT2D eigenvalue weighted by Crippen LogP contribution is 2.20. The molecule has 0 amide bonds. The predicted octanol–water partition coefficient (Wildman–Crippen LogP) is 2.61. The van der Waals surface area contributed by atoms with Crippen LogP contribution in [0, 0.1) is 0 Å². The Morgan fingerprint density at radius 2 is 1.94 bits per heavy atom. The standard InChI is InChI=1S/C24H25N5O5/c1-28(2)10-5-11-33-18-13-25-21(26-14-18)17-7-4-6-16(12-17)15-29-22-20(34-24(29)31)9-8-19(27-22)23(30)32-3/h4,6-9,12-14H,5,10-11,15H2,1-3H3. The average Bonchev–Trinajstić information content (AvgIpc) is 3.16. The van der Waals surface area contributed by atoms with Gasteiger partial charge in [0.1, 0.15) is 0 Å². The minimum absolute atomic E-state index is 0.0933. The van der Waals surface area contributed by atoms with Gasteiger partial charge < -0.3 is 18.8 Å². The smallest absolute Gasteiger partial charge is 0.421 e. The minimum Gasteiger partial charge on any atom is -0.490 e. The number of fused-ring (bicyclic) bond motifs is 1. The fraction of sp³-hybridized carbons (Fsp3) is 0.292. The van der Waals surface area contributed by atoms with E-state index >= 15 is 0 Å². The van der Waals surface area contributed by atoms with Crippen molar-refractivity contribution in [2.45, 2.75) is 13.0 Å². The summed E-state index contributed by atoms with van der Waals surface area (Å²) >= 11 is 0. The lowest BCUT2D eigenvalue weighted by atomic mass is 10.1. The highest BCUT2D eigenvalue weighted by molar-refractivity contribution is 5.89. The van der Waals surface area contributed by atoms with Gasteiger partial charge in [0.2, 0.25) is 0 Å². The van der Waals surface area contributed by atoms with E-state index in [0.29, 0.717) is 23.8 Å². The molecular weight excluding hydrogens is 438 g/mol. The van der Waals surface area contributed by atoms with Crippen molar-refractivity contribution in [2.24, 2.45) is 0 Å². The number of oxazole rings is 1. The molecule has 4 rings (SSSR count). The van der Waals surface area contributed by atoms with Crippen molar-refractivity contribution >= 4 is 17.2 Å². The van der Waals surface area contributed by atoms with Crippen molar-refractivity contribution in [3.63, 3.8) is 0 Å². The van der Waals surface area contributed by atoms with Crippen LogP contribution in [0.3, 0.4) is 0 Å². The summed E-state index contributed by atoms with van der Waals surface area (Å²) in [6.07, 6.45) is 4.21. The maximum absolute atomic E-state index is 12.4. The highest BCUT2D eigenvalue weighted by atomic mass is 16.5. The Kier molecular flexibility index (Phi) is 6.98. The third-order valence-corrected chi connectivity index (χ3v) is 5.08. The lowest BCUT2D eigenvalue weighted by Gasteiger charge is -2.10. The molecule has 176 valence electrons. The Bertz CT molecular complexity index is 1340. The summed E-state index contributed by atoms with van der Waals surface area (Å²) < 4.78 is 17.0. The zero-order valence-corrected chi connectivity index (χ0v) is 19.2. The molecule has 10 heteroatoms. The molecule has 0 aliphatic carbocycles. The van der Waals surface area contributed by atoms with Gasteiger partial charge in [-0.2, -0.15) is 0 Å². The fourth-order valence-electron chi connectivity index (χ4n) is 3.40. The molecule has 3 aromatic heterocycles. The van der Waals surface area contributed by atoms with Crippen molar-refractivity contribution in [1.29, 1.82) is 0 Å². The first-order chi connectivity index (χ1) is 16.4. The molecule has 0 saturated heterocycles.